The minimum atomic E-state index is 1.27. The average molecular weight is 1930 g/mol. The molecule has 0 unspecified atom stereocenters. The normalized spacial score (nSPS) is 10.7. The van der Waals surface area contributed by atoms with Gasteiger partial charge in [0.15, 0.2) is 0 Å². The lowest BCUT2D eigenvalue weighted by atomic mass is 9.93. The topological polar surface area (TPSA) is 0 Å². The summed E-state index contributed by atoms with van der Waals surface area (Å²) in [5.74, 6) is 0. The van der Waals surface area contributed by atoms with E-state index in [1.807, 2.05) is 48.5 Å². The predicted molar refractivity (Wildman–Crippen MR) is 653 cm³/mol. The van der Waals surface area contributed by atoms with Crippen molar-refractivity contribution >= 4 is 86.2 Å². The molecule has 0 spiro atoms. The van der Waals surface area contributed by atoms with Crippen molar-refractivity contribution < 1.29 is 0 Å². The van der Waals surface area contributed by atoms with E-state index in [1.165, 1.54) is 253 Å². The summed E-state index contributed by atoms with van der Waals surface area (Å²) in [6, 6.07) is 202. The van der Waals surface area contributed by atoms with Gasteiger partial charge in [-0.05, 0) is 301 Å². The molecule has 150 heavy (non-hydrogen) atoms. The van der Waals surface area contributed by atoms with Gasteiger partial charge in [0.05, 0.1) is 0 Å². The molecule has 0 N–H and O–H groups in total. The Labute approximate surface area is 886 Å². The van der Waals surface area contributed by atoms with Crippen LogP contribution >= 0.6 is 0 Å². The third kappa shape index (κ3) is 24.0. The first-order chi connectivity index (χ1) is 73.6. The molecule has 26 aromatic rings. The Kier molecular flexibility index (Phi) is 32.3. The highest BCUT2D eigenvalue weighted by Gasteiger charge is 2.23. The van der Waals surface area contributed by atoms with Gasteiger partial charge in [-0.1, -0.05) is 591 Å². The molecule has 26 aromatic carbocycles. The van der Waals surface area contributed by atoms with E-state index in [4.69, 9.17) is 0 Å². The van der Waals surface area contributed by atoms with Crippen molar-refractivity contribution in [1.29, 1.82) is 0 Å². The van der Waals surface area contributed by atoms with Crippen LogP contribution in [-0.2, 0) is 0 Å². The van der Waals surface area contributed by atoms with Gasteiger partial charge in [-0.25, -0.2) is 0 Å². The van der Waals surface area contributed by atoms with E-state index < -0.39 is 0 Å². The molecule has 0 aliphatic heterocycles. The second-order valence-corrected chi connectivity index (χ2v) is 39.1. The molecule has 0 heteroatoms. The van der Waals surface area contributed by atoms with Crippen molar-refractivity contribution in [2.45, 2.75) is 69.2 Å². The van der Waals surface area contributed by atoms with Gasteiger partial charge in [0.2, 0.25) is 0 Å². The third-order valence-corrected chi connectivity index (χ3v) is 28.1. The summed E-state index contributed by atoms with van der Waals surface area (Å²) in [6.07, 6.45) is 0. The van der Waals surface area contributed by atoms with Gasteiger partial charge in [0.1, 0.15) is 0 Å². The molecule has 28 rings (SSSR count). The molecular weight excluding hydrogens is 1800 g/mol. The fraction of sp³-hybridized carbons (Fsp3) is 0.0667. The lowest BCUT2D eigenvalue weighted by molar-refractivity contribution is 1.46. The van der Waals surface area contributed by atoms with Gasteiger partial charge in [0.25, 0.3) is 0 Å². The van der Waals surface area contributed by atoms with Crippen molar-refractivity contribution in [3.63, 3.8) is 0 Å². The number of benzene rings is 26. The van der Waals surface area contributed by atoms with Crippen molar-refractivity contribution in [3.05, 3.63) is 626 Å². The maximum atomic E-state index is 2.30. The molecule has 0 saturated heterocycles. The molecule has 0 nitrogen and oxygen atoms in total. The standard InChI is InChI=1S/2C19H14.2C19H16.2C17H12.2C13H12.2C7H8/c2*1-13-10-11-18-16-8-3-2-6-14(16)15-7-4-5-9-17(15)19(18)12-13;2*1-15-12-18(16-8-4-2-5-9-16)14-19(13-15)17-10-6-3-7-11-17;2*1-11-9-10-16-14-6-3-2-5-13(14)15-8-4-7-12(11)17(15)16;1-11-6-5-9-13(10-11)12-7-3-2-4-8-12;1-11-7-9-13(10-8-11)12-5-3-2-4-6-12;2*1-7-5-3-2-4-6-7/h2*2-12H,1H3;2*2-14H,1H3;2*2-10H,1H3;2*2-10H,1H3;2*2-6H,1H3. The SMILES string of the molecule is Cc1cc(-c2ccccc2)cc(-c2ccccc2)c1.Cc1cc(-c2ccccc2)cc(-c2ccccc2)c1.Cc1ccc(-c2ccccc2)cc1.Cc1ccc2c3c(cccc13)-c1ccccc1-2.Cc1ccc2c3c(cccc13)-c1ccccc1-2.Cc1ccc2c3ccccc3c3ccccc3c2c1.Cc1ccc2c3ccccc3c3ccccc3c2c1.Cc1cccc(-c2ccccc2)c1.Cc1ccccc1.Cc1ccccc1. The lowest BCUT2D eigenvalue weighted by Gasteiger charge is -2.10. The molecule has 0 bridgehead atoms. The molecular formula is C150H124. The Morgan fingerprint density at radius 2 is 0.273 bits per heavy atom. The van der Waals surface area contributed by atoms with Crippen LogP contribution in [0.3, 0.4) is 0 Å². The van der Waals surface area contributed by atoms with Crippen LogP contribution in [-0.4, -0.2) is 0 Å². The lowest BCUT2D eigenvalue weighted by Crippen LogP contribution is -1.84. The number of aryl methyl sites for hydroxylation is 10. The highest BCUT2D eigenvalue weighted by atomic mass is 14.3. The molecule has 0 aromatic heterocycles. The van der Waals surface area contributed by atoms with E-state index in [0.717, 1.165) is 0 Å². The fourth-order valence-corrected chi connectivity index (χ4v) is 20.6. The first kappa shape index (κ1) is 100. The van der Waals surface area contributed by atoms with E-state index in [0.29, 0.717) is 0 Å². The Balaban J connectivity index is 0.000000106. The summed E-state index contributed by atoms with van der Waals surface area (Å²) < 4.78 is 0. The number of fused-ring (bicyclic) bond motifs is 18. The summed E-state index contributed by atoms with van der Waals surface area (Å²) >= 11 is 0. The van der Waals surface area contributed by atoms with Gasteiger partial charge in [-0.2, -0.15) is 0 Å². The van der Waals surface area contributed by atoms with Crippen LogP contribution in [0.25, 0.3) is 197 Å². The van der Waals surface area contributed by atoms with E-state index in [1.54, 1.807) is 0 Å². The van der Waals surface area contributed by atoms with Crippen molar-refractivity contribution in [1.82, 2.24) is 0 Å². The summed E-state index contributed by atoms with van der Waals surface area (Å²) in [6.45, 7) is 21.4. The fourth-order valence-electron chi connectivity index (χ4n) is 20.6. The van der Waals surface area contributed by atoms with Crippen LogP contribution in [0.2, 0.25) is 0 Å². The molecule has 0 fully saturated rings. The highest BCUT2D eigenvalue weighted by Crippen LogP contribution is 2.50. The zero-order chi connectivity index (χ0) is 103. The molecule has 2 aliphatic carbocycles. The molecule has 0 saturated carbocycles. The number of hydrogen-bond acceptors (Lipinski definition) is 0. The summed E-state index contributed by atoms with van der Waals surface area (Å²) in [5, 5.41) is 21.8. The largest absolute Gasteiger partial charge is 0.0622 e. The average Bonchev–Trinajstić information content (AvgIpc) is 1.60. The molecule has 0 atom stereocenters. The minimum absolute atomic E-state index is 1.27. The van der Waals surface area contributed by atoms with E-state index in [9.17, 15) is 0 Å². The first-order valence-corrected chi connectivity index (χ1v) is 52.1. The molecule has 0 radical (unpaired) electrons. The quantitative estimate of drug-likeness (QED) is 0.146. The Bertz CT molecular complexity index is 8390. The smallest absolute Gasteiger partial charge is 0.00237 e. The van der Waals surface area contributed by atoms with Crippen LogP contribution < -0.4 is 0 Å². The van der Waals surface area contributed by atoms with Crippen LogP contribution in [0, 0.1) is 69.2 Å². The van der Waals surface area contributed by atoms with Crippen LogP contribution in [0.15, 0.2) is 570 Å². The maximum Gasteiger partial charge on any atom is -0.00237 e. The second-order valence-electron chi connectivity index (χ2n) is 39.1. The number of rotatable bonds is 6. The molecule has 0 amide bonds. The van der Waals surface area contributed by atoms with Gasteiger partial charge in [0, 0.05) is 0 Å². The zero-order valence-corrected chi connectivity index (χ0v) is 87.3. The Morgan fingerprint density at radius 1 is 0.0867 bits per heavy atom. The summed E-state index contributed by atoms with van der Waals surface area (Å²) in [7, 11) is 0. The van der Waals surface area contributed by atoms with Gasteiger partial charge >= 0.3 is 0 Å². The van der Waals surface area contributed by atoms with Crippen molar-refractivity contribution in [2.24, 2.45) is 0 Å². The zero-order valence-electron chi connectivity index (χ0n) is 87.3. The first-order valence-electron chi connectivity index (χ1n) is 52.1. The second kappa shape index (κ2) is 48.2. The third-order valence-electron chi connectivity index (χ3n) is 28.1. The summed E-state index contributed by atoms with van der Waals surface area (Å²) in [4.78, 5) is 0. The van der Waals surface area contributed by atoms with Gasteiger partial charge < -0.3 is 0 Å². The van der Waals surface area contributed by atoms with Gasteiger partial charge in [-0.15, -0.1) is 0 Å². The Morgan fingerprint density at radius 3 is 0.560 bits per heavy atom. The van der Waals surface area contributed by atoms with Gasteiger partial charge in [-0.3, -0.25) is 0 Å². The van der Waals surface area contributed by atoms with E-state index >= 15 is 0 Å². The predicted octanol–water partition coefficient (Wildman–Crippen LogP) is 42.5. The van der Waals surface area contributed by atoms with E-state index in [2.05, 4.69) is 591 Å². The van der Waals surface area contributed by atoms with Crippen LogP contribution in [0.4, 0.5) is 0 Å². The molecule has 724 valence electrons. The monoisotopic (exact) mass is 1920 g/mol. The molecule has 0 heterocycles. The molecule has 2 aliphatic rings. The van der Waals surface area contributed by atoms with Crippen molar-refractivity contribution in [3.8, 4) is 111 Å². The Hall–Kier alpha value is -18.2. The highest BCUT2D eigenvalue weighted by molar-refractivity contribution is 6.27. The maximum absolute atomic E-state index is 2.30. The van der Waals surface area contributed by atoms with E-state index in [-0.39, 0.29) is 0 Å². The van der Waals surface area contributed by atoms with Crippen LogP contribution in [0.1, 0.15) is 55.6 Å². The minimum Gasteiger partial charge on any atom is -0.0622 e. The van der Waals surface area contributed by atoms with Crippen LogP contribution in [0.5, 0.6) is 0 Å². The van der Waals surface area contributed by atoms with Crippen molar-refractivity contribution in [2.75, 3.05) is 0 Å². The summed E-state index contributed by atoms with van der Waals surface area (Å²) in [5.41, 5.74) is 39.5. The number of hydrogen-bond donors (Lipinski definition) is 0.